The number of halogens is 4. The molecule has 1 N–H and O–H groups in total. The lowest BCUT2D eigenvalue weighted by molar-refractivity contribution is -0.137. The third kappa shape index (κ3) is 3.93. The van der Waals surface area contributed by atoms with E-state index < -0.39 is 23.6 Å². The number of carbonyl (C=O) groups is 1. The number of hydrogen-bond donors (Lipinski definition) is 1. The van der Waals surface area contributed by atoms with E-state index in [9.17, 15) is 18.0 Å². The van der Waals surface area contributed by atoms with Gasteiger partial charge in [-0.25, -0.2) is 0 Å². The Morgan fingerprint density at radius 1 is 1.47 bits per heavy atom. The van der Waals surface area contributed by atoms with Crippen molar-refractivity contribution in [3.05, 3.63) is 29.8 Å². The van der Waals surface area contributed by atoms with Crippen molar-refractivity contribution in [3.63, 3.8) is 0 Å². The summed E-state index contributed by atoms with van der Waals surface area (Å²) in [6.07, 6.45) is -4.42. The first-order chi connectivity index (χ1) is 7.84. The Morgan fingerprint density at radius 2 is 2.12 bits per heavy atom. The van der Waals surface area contributed by atoms with Crippen molar-refractivity contribution in [3.8, 4) is 0 Å². The normalized spacial score (nSPS) is 13.2. The molecule has 0 bridgehead atoms. The van der Waals surface area contributed by atoms with Gasteiger partial charge in [0.2, 0.25) is 5.91 Å². The van der Waals surface area contributed by atoms with Crippen LogP contribution in [0, 0.1) is 5.92 Å². The highest BCUT2D eigenvalue weighted by molar-refractivity contribution is 6.19. The van der Waals surface area contributed by atoms with Crippen molar-refractivity contribution in [1.82, 2.24) is 0 Å². The van der Waals surface area contributed by atoms with Gasteiger partial charge in [-0.2, -0.15) is 13.2 Å². The van der Waals surface area contributed by atoms with Crippen LogP contribution in [0.5, 0.6) is 0 Å². The van der Waals surface area contributed by atoms with Gasteiger partial charge in [0.1, 0.15) is 0 Å². The van der Waals surface area contributed by atoms with Crippen LogP contribution in [0.4, 0.5) is 18.9 Å². The molecule has 0 saturated heterocycles. The van der Waals surface area contributed by atoms with E-state index >= 15 is 0 Å². The molecule has 17 heavy (non-hydrogen) atoms. The largest absolute Gasteiger partial charge is 0.416 e. The summed E-state index contributed by atoms with van der Waals surface area (Å²) < 4.78 is 37.2. The molecule has 94 valence electrons. The van der Waals surface area contributed by atoms with E-state index in [1.54, 1.807) is 6.92 Å². The fourth-order valence-electron chi connectivity index (χ4n) is 1.11. The quantitative estimate of drug-likeness (QED) is 0.833. The molecule has 0 fully saturated rings. The highest BCUT2D eigenvalue weighted by Crippen LogP contribution is 2.30. The lowest BCUT2D eigenvalue weighted by Gasteiger charge is -2.11. The summed E-state index contributed by atoms with van der Waals surface area (Å²) >= 11 is 5.48. The van der Waals surface area contributed by atoms with Gasteiger partial charge in [0.25, 0.3) is 0 Å². The zero-order valence-corrected chi connectivity index (χ0v) is 9.77. The summed E-state index contributed by atoms with van der Waals surface area (Å²) in [5.41, 5.74) is -0.685. The van der Waals surface area contributed by atoms with Gasteiger partial charge in [0.15, 0.2) is 0 Å². The SMILES string of the molecule is CC(CCl)C(=O)Nc1cccc(C(F)(F)F)c1. The fourth-order valence-corrected chi connectivity index (χ4v) is 1.25. The van der Waals surface area contributed by atoms with Crippen LogP contribution >= 0.6 is 11.6 Å². The van der Waals surface area contributed by atoms with E-state index in [1.807, 2.05) is 0 Å². The zero-order valence-electron chi connectivity index (χ0n) is 9.01. The van der Waals surface area contributed by atoms with E-state index in [1.165, 1.54) is 12.1 Å². The van der Waals surface area contributed by atoms with Crippen molar-refractivity contribution in [2.45, 2.75) is 13.1 Å². The Kier molecular flexibility index (Phi) is 4.40. The lowest BCUT2D eigenvalue weighted by Crippen LogP contribution is -2.21. The van der Waals surface area contributed by atoms with Crippen molar-refractivity contribution >= 4 is 23.2 Å². The van der Waals surface area contributed by atoms with E-state index in [2.05, 4.69) is 5.32 Å². The van der Waals surface area contributed by atoms with Crippen LogP contribution in [-0.4, -0.2) is 11.8 Å². The average Bonchev–Trinajstić information content (AvgIpc) is 2.27. The summed E-state index contributed by atoms with van der Waals surface area (Å²) in [6.45, 7) is 1.59. The molecule has 6 heteroatoms. The average molecular weight is 266 g/mol. The van der Waals surface area contributed by atoms with E-state index in [4.69, 9.17) is 11.6 Å². The summed E-state index contributed by atoms with van der Waals surface area (Å²) in [5.74, 6) is -0.740. The number of anilines is 1. The highest BCUT2D eigenvalue weighted by atomic mass is 35.5. The van der Waals surface area contributed by atoms with Gasteiger partial charge in [-0.1, -0.05) is 13.0 Å². The summed E-state index contributed by atoms with van der Waals surface area (Å²) in [7, 11) is 0. The van der Waals surface area contributed by atoms with Crippen molar-refractivity contribution in [2.75, 3.05) is 11.2 Å². The summed E-state index contributed by atoms with van der Waals surface area (Å²) in [6, 6.07) is 4.47. The Hall–Kier alpha value is -1.23. The Morgan fingerprint density at radius 3 is 2.65 bits per heavy atom. The maximum absolute atomic E-state index is 12.4. The number of alkyl halides is 4. The predicted octanol–water partition coefficient (Wildman–Crippen LogP) is 3.52. The molecule has 0 aliphatic heterocycles. The van der Waals surface area contributed by atoms with Crippen molar-refractivity contribution < 1.29 is 18.0 Å². The molecule has 0 aromatic heterocycles. The Labute approximate surface area is 102 Å². The number of amides is 1. The molecule has 0 heterocycles. The fraction of sp³-hybridized carbons (Fsp3) is 0.364. The molecule has 1 amide bonds. The molecule has 0 spiro atoms. The van der Waals surface area contributed by atoms with E-state index in [0.717, 1.165) is 12.1 Å². The molecule has 0 radical (unpaired) electrons. The molecule has 2 nitrogen and oxygen atoms in total. The Balaban J connectivity index is 2.83. The van der Waals surface area contributed by atoms with Gasteiger partial charge in [-0.3, -0.25) is 4.79 Å². The van der Waals surface area contributed by atoms with Crippen molar-refractivity contribution in [1.29, 1.82) is 0 Å². The first-order valence-corrected chi connectivity index (χ1v) is 5.42. The first kappa shape index (κ1) is 13.8. The van der Waals surface area contributed by atoms with E-state index in [0.29, 0.717) is 0 Å². The third-order valence-electron chi connectivity index (χ3n) is 2.14. The second-order valence-electron chi connectivity index (χ2n) is 3.62. The molecule has 1 aromatic carbocycles. The molecule has 0 saturated carbocycles. The number of carbonyl (C=O) groups excluding carboxylic acids is 1. The maximum atomic E-state index is 12.4. The van der Waals surface area contributed by atoms with Crippen LogP contribution < -0.4 is 5.32 Å². The van der Waals surface area contributed by atoms with Gasteiger partial charge < -0.3 is 5.32 Å². The van der Waals surface area contributed by atoms with Gasteiger partial charge >= 0.3 is 6.18 Å². The van der Waals surface area contributed by atoms with Crippen LogP contribution in [0.1, 0.15) is 12.5 Å². The molecular formula is C11H11ClF3NO. The highest BCUT2D eigenvalue weighted by Gasteiger charge is 2.30. The lowest BCUT2D eigenvalue weighted by atomic mass is 10.1. The molecule has 0 aliphatic carbocycles. The molecule has 1 atom stereocenters. The molecule has 1 aromatic rings. The minimum absolute atomic E-state index is 0.113. The van der Waals surface area contributed by atoms with Crippen molar-refractivity contribution in [2.24, 2.45) is 5.92 Å². The van der Waals surface area contributed by atoms with E-state index in [-0.39, 0.29) is 11.6 Å². The Bertz CT molecular complexity index is 406. The molecule has 0 aliphatic rings. The minimum Gasteiger partial charge on any atom is -0.326 e. The van der Waals surface area contributed by atoms with Gasteiger partial charge in [-0.05, 0) is 18.2 Å². The predicted molar refractivity (Wildman–Crippen MR) is 60.0 cm³/mol. The number of rotatable bonds is 3. The summed E-state index contributed by atoms with van der Waals surface area (Å²) in [4.78, 5) is 11.4. The summed E-state index contributed by atoms with van der Waals surface area (Å²) in [5, 5.41) is 2.38. The monoisotopic (exact) mass is 265 g/mol. The second kappa shape index (κ2) is 5.40. The van der Waals surface area contributed by atoms with Crippen LogP contribution in [0.15, 0.2) is 24.3 Å². The maximum Gasteiger partial charge on any atom is 0.416 e. The molecular weight excluding hydrogens is 255 g/mol. The van der Waals surface area contributed by atoms with Gasteiger partial charge in [-0.15, -0.1) is 11.6 Å². The van der Waals surface area contributed by atoms with Gasteiger partial charge in [0.05, 0.1) is 5.56 Å². The topological polar surface area (TPSA) is 29.1 Å². The van der Waals surface area contributed by atoms with Gasteiger partial charge in [0, 0.05) is 17.5 Å². The third-order valence-corrected chi connectivity index (χ3v) is 2.60. The molecule has 1 rings (SSSR count). The number of hydrogen-bond acceptors (Lipinski definition) is 1. The first-order valence-electron chi connectivity index (χ1n) is 4.88. The smallest absolute Gasteiger partial charge is 0.326 e. The molecule has 1 unspecified atom stereocenters. The van der Waals surface area contributed by atoms with Crippen LogP contribution in [0.2, 0.25) is 0 Å². The second-order valence-corrected chi connectivity index (χ2v) is 3.93. The minimum atomic E-state index is -4.42. The van der Waals surface area contributed by atoms with Crippen LogP contribution in [0.25, 0.3) is 0 Å². The number of benzene rings is 1. The zero-order chi connectivity index (χ0) is 13.1. The van der Waals surface area contributed by atoms with Crippen LogP contribution in [0.3, 0.4) is 0 Å². The standard InChI is InChI=1S/C11H11ClF3NO/c1-7(6-12)10(17)16-9-4-2-3-8(5-9)11(13,14)15/h2-5,7H,6H2,1H3,(H,16,17). The number of nitrogens with one attached hydrogen (secondary N) is 1. The van der Waals surface area contributed by atoms with Crippen LogP contribution in [-0.2, 0) is 11.0 Å².